The van der Waals surface area contributed by atoms with Gasteiger partial charge in [0.05, 0.1) is 12.0 Å². The Morgan fingerprint density at radius 2 is 1.85 bits per heavy atom. The van der Waals surface area contributed by atoms with E-state index < -0.39 is 10.0 Å². The Labute approximate surface area is 157 Å². The van der Waals surface area contributed by atoms with Crippen molar-refractivity contribution in [3.05, 3.63) is 64.9 Å². The monoisotopic (exact) mass is 375 g/mol. The van der Waals surface area contributed by atoms with Crippen molar-refractivity contribution in [3.8, 4) is 0 Å². The van der Waals surface area contributed by atoms with Crippen molar-refractivity contribution in [3.63, 3.8) is 0 Å². The summed E-state index contributed by atoms with van der Waals surface area (Å²) in [6.45, 7) is 10.3. The second-order valence-electron chi connectivity index (χ2n) is 5.71. The van der Waals surface area contributed by atoms with Gasteiger partial charge < -0.3 is 5.32 Å². The Balaban J connectivity index is 0.00000163. The highest BCUT2D eigenvalue weighted by Gasteiger charge is 2.15. The third kappa shape index (κ3) is 6.28. The van der Waals surface area contributed by atoms with Gasteiger partial charge in [0, 0.05) is 43.1 Å². The Kier molecular flexibility index (Phi) is 8.48. The van der Waals surface area contributed by atoms with Crippen LogP contribution in [0.4, 0.5) is 0 Å². The summed E-state index contributed by atoms with van der Waals surface area (Å²) in [6.07, 6.45) is 5.87. The first-order valence-corrected chi connectivity index (χ1v) is 10.6. The van der Waals surface area contributed by atoms with Gasteiger partial charge in [0.15, 0.2) is 0 Å². The van der Waals surface area contributed by atoms with Gasteiger partial charge >= 0.3 is 0 Å². The molecule has 0 saturated heterocycles. The van der Waals surface area contributed by atoms with Gasteiger partial charge in [0.1, 0.15) is 0 Å². The van der Waals surface area contributed by atoms with Crippen molar-refractivity contribution >= 4 is 21.9 Å². The number of aliphatic imine (C=N–C) groups is 1. The van der Waals surface area contributed by atoms with Gasteiger partial charge in [-0.15, -0.1) is 0 Å². The Morgan fingerprint density at radius 1 is 1.23 bits per heavy atom. The maximum atomic E-state index is 11.2. The number of likely N-dealkylation sites (N-methyl/N-ethyl adjacent to an activating group) is 1. The van der Waals surface area contributed by atoms with Crippen molar-refractivity contribution in [1.82, 2.24) is 10.0 Å². The van der Waals surface area contributed by atoms with Gasteiger partial charge in [0.2, 0.25) is 10.0 Å². The molecule has 0 radical (unpaired) electrons. The van der Waals surface area contributed by atoms with Gasteiger partial charge in [-0.05, 0) is 18.1 Å². The van der Waals surface area contributed by atoms with E-state index >= 15 is 0 Å². The average molecular weight is 376 g/mol. The molecule has 0 unspecified atom stereocenters. The summed E-state index contributed by atoms with van der Waals surface area (Å²) in [4.78, 5) is 4.60. The molecule has 0 saturated carbocycles. The van der Waals surface area contributed by atoms with E-state index in [0.29, 0.717) is 0 Å². The predicted molar refractivity (Wildman–Crippen MR) is 111 cm³/mol. The van der Waals surface area contributed by atoms with Crippen LogP contribution in [0.2, 0.25) is 0 Å². The minimum absolute atomic E-state index is 0.274. The SMILES string of the molecule is C=C(C)C1=C(c2ccc(CNS(C)(=O)=O)cc2)N=CCC=C1NC.CC. The van der Waals surface area contributed by atoms with Crippen LogP contribution < -0.4 is 10.0 Å². The smallest absolute Gasteiger partial charge is 0.209 e. The van der Waals surface area contributed by atoms with E-state index in [4.69, 9.17) is 0 Å². The minimum Gasteiger partial charge on any atom is -0.388 e. The number of nitrogens with one attached hydrogen (secondary N) is 2. The van der Waals surface area contributed by atoms with Crippen molar-refractivity contribution < 1.29 is 8.42 Å². The topological polar surface area (TPSA) is 70.6 Å². The van der Waals surface area contributed by atoms with Crippen LogP contribution in [0.1, 0.15) is 38.3 Å². The van der Waals surface area contributed by atoms with Crippen molar-refractivity contribution in [2.45, 2.75) is 33.7 Å². The molecule has 26 heavy (non-hydrogen) atoms. The van der Waals surface area contributed by atoms with Crippen LogP contribution >= 0.6 is 0 Å². The molecular formula is C20H29N3O2S. The van der Waals surface area contributed by atoms with E-state index in [-0.39, 0.29) is 6.54 Å². The Bertz CT molecular complexity index is 817. The molecule has 0 aliphatic carbocycles. The van der Waals surface area contributed by atoms with E-state index in [1.54, 1.807) is 0 Å². The van der Waals surface area contributed by atoms with Crippen LogP contribution in [0.5, 0.6) is 0 Å². The van der Waals surface area contributed by atoms with Gasteiger partial charge in [-0.25, -0.2) is 13.1 Å². The van der Waals surface area contributed by atoms with E-state index in [0.717, 1.165) is 46.3 Å². The van der Waals surface area contributed by atoms with Crippen LogP contribution in [0.3, 0.4) is 0 Å². The van der Waals surface area contributed by atoms with E-state index in [1.165, 1.54) is 0 Å². The summed E-state index contributed by atoms with van der Waals surface area (Å²) in [5, 5.41) is 3.21. The number of benzene rings is 1. The summed E-state index contributed by atoms with van der Waals surface area (Å²) < 4.78 is 24.9. The van der Waals surface area contributed by atoms with Crippen molar-refractivity contribution in [2.24, 2.45) is 4.99 Å². The molecule has 6 heteroatoms. The lowest BCUT2D eigenvalue weighted by Gasteiger charge is -2.15. The quantitative estimate of drug-likeness (QED) is 0.798. The lowest BCUT2D eigenvalue weighted by atomic mass is 9.98. The van der Waals surface area contributed by atoms with Crippen molar-refractivity contribution in [1.29, 1.82) is 0 Å². The predicted octanol–water partition coefficient (Wildman–Crippen LogP) is 3.63. The minimum atomic E-state index is -3.20. The number of allylic oxidation sites excluding steroid dienone is 2. The maximum absolute atomic E-state index is 11.2. The van der Waals surface area contributed by atoms with Gasteiger partial charge in [-0.2, -0.15) is 0 Å². The molecule has 0 amide bonds. The molecule has 142 valence electrons. The fraction of sp³-hybridized carbons (Fsp3) is 0.350. The molecule has 2 N–H and O–H groups in total. The third-order valence-corrected chi connectivity index (χ3v) is 4.28. The van der Waals surface area contributed by atoms with Gasteiger partial charge in [0.25, 0.3) is 0 Å². The fourth-order valence-corrected chi connectivity index (χ4v) is 2.91. The molecule has 1 aliphatic heterocycles. The first-order chi connectivity index (χ1) is 12.3. The molecule has 2 rings (SSSR count). The van der Waals surface area contributed by atoms with E-state index in [1.807, 2.05) is 58.3 Å². The van der Waals surface area contributed by atoms with E-state index in [9.17, 15) is 8.42 Å². The Hall–Kier alpha value is -2.18. The standard InChI is InChI=1S/C18H23N3O2S.C2H6/c1-13(2)17-16(19-3)6-5-11-20-18(17)15-9-7-14(8-10-15)12-21-24(4,22)23;1-2/h6-11,19,21H,1,5,12H2,2-4H3;1-2H3. The summed E-state index contributed by atoms with van der Waals surface area (Å²) >= 11 is 0. The molecule has 0 bridgehead atoms. The lowest BCUT2D eigenvalue weighted by Crippen LogP contribution is -2.21. The molecule has 0 atom stereocenters. The van der Waals surface area contributed by atoms with Crippen LogP contribution in [0.25, 0.3) is 5.70 Å². The average Bonchev–Trinajstić information content (AvgIpc) is 2.84. The molecule has 1 aromatic carbocycles. The van der Waals surface area contributed by atoms with Gasteiger partial charge in [-0.1, -0.05) is 50.8 Å². The zero-order valence-electron chi connectivity index (χ0n) is 16.3. The van der Waals surface area contributed by atoms with Crippen molar-refractivity contribution in [2.75, 3.05) is 13.3 Å². The molecule has 0 spiro atoms. The highest BCUT2D eigenvalue weighted by molar-refractivity contribution is 7.88. The van der Waals surface area contributed by atoms with Crippen LogP contribution in [-0.2, 0) is 16.6 Å². The van der Waals surface area contributed by atoms with Crippen LogP contribution in [-0.4, -0.2) is 27.9 Å². The highest BCUT2D eigenvalue weighted by Crippen LogP contribution is 2.30. The largest absolute Gasteiger partial charge is 0.388 e. The number of hydrogen-bond acceptors (Lipinski definition) is 4. The number of hydrogen-bond donors (Lipinski definition) is 2. The zero-order chi connectivity index (χ0) is 19.7. The molecule has 5 nitrogen and oxygen atoms in total. The summed E-state index contributed by atoms with van der Waals surface area (Å²) in [6, 6.07) is 7.71. The molecule has 0 fully saturated rings. The maximum Gasteiger partial charge on any atom is 0.209 e. The zero-order valence-corrected chi connectivity index (χ0v) is 17.1. The Morgan fingerprint density at radius 3 is 2.35 bits per heavy atom. The van der Waals surface area contributed by atoms with Gasteiger partial charge in [-0.3, -0.25) is 4.99 Å². The summed E-state index contributed by atoms with van der Waals surface area (Å²) in [5.41, 5.74) is 5.67. The summed E-state index contributed by atoms with van der Waals surface area (Å²) in [7, 11) is -1.31. The second-order valence-corrected chi connectivity index (χ2v) is 7.54. The first-order valence-electron chi connectivity index (χ1n) is 8.66. The highest BCUT2D eigenvalue weighted by atomic mass is 32.2. The number of nitrogens with zero attached hydrogens (tertiary/aromatic N) is 1. The normalized spacial score (nSPS) is 14.1. The lowest BCUT2D eigenvalue weighted by molar-refractivity contribution is 0.587. The fourth-order valence-electron chi connectivity index (χ4n) is 2.48. The molecular weight excluding hydrogens is 346 g/mol. The summed E-state index contributed by atoms with van der Waals surface area (Å²) in [5.74, 6) is 0. The number of sulfonamides is 1. The van der Waals surface area contributed by atoms with E-state index in [2.05, 4.69) is 27.7 Å². The number of rotatable bonds is 6. The van der Waals surface area contributed by atoms with Crippen LogP contribution in [0, 0.1) is 0 Å². The third-order valence-electron chi connectivity index (χ3n) is 3.62. The molecule has 1 heterocycles. The first kappa shape index (κ1) is 21.9. The molecule has 1 aromatic rings. The second kappa shape index (κ2) is 10.1. The molecule has 0 aromatic heterocycles. The molecule has 1 aliphatic rings. The van der Waals surface area contributed by atoms with Crippen LogP contribution in [0.15, 0.2) is 58.8 Å².